The average molecular weight is 212 g/mol. The summed E-state index contributed by atoms with van der Waals surface area (Å²) in [5.41, 5.74) is 0.503. The first kappa shape index (κ1) is 10.7. The number of hydrogen-bond acceptors (Lipinski definition) is 3. The highest BCUT2D eigenvalue weighted by Gasteiger charge is 2.08. The molecule has 5 heteroatoms. The van der Waals surface area contributed by atoms with Crippen LogP contribution < -0.4 is 5.56 Å². The summed E-state index contributed by atoms with van der Waals surface area (Å²) in [6.07, 6.45) is 0. The highest BCUT2D eigenvalue weighted by atomic mass is 35.5. The predicted molar refractivity (Wildman–Crippen MR) is 53.2 cm³/mol. The molecular weight excluding hydrogens is 202 g/mol. The number of aromatic nitrogens is 2. The van der Waals surface area contributed by atoms with E-state index in [0.29, 0.717) is 11.5 Å². The highest BCUT2D eigenvalue weighted by Crippen LogP contribution is 2.00. The summed E-state index contributed by atoms with van der Waals surface area (Å²) >= 11 is 5.63. The van der Waals surface area contributed by atoms with Gasteiger partial charge in [-0.15, -0.1) is 11.6 Å². The maximum atomic E-state index is 11.5. The smallest absolute Gasteiger partial charge is 0.253 e. The van der Waals surface area contributed by atoms with Crippen LogP contribution in [0.3, 0.4) is 0 Å². The lowest BCUT2D eigenvalue weighted by Gasteiger charge is -2.09. The van der Waals surface area contributed by atoms with Crippen molar-refractivity contribution in [3.63, 3.8) is 0 Å². The molecule has 4 nitrogen and oxygen atoms in total. The molecule has 0 aliphatic rings. The summed E-state index contributed by atoms with van der Waals surface area (Å²) in [6, 6.07) is 3.28. The lowest BCUT2D eigenvalue weighted by atomic mass is 10.4. The van der Waals surface area contributed by atoms with Gasteiger partial charge < -0.3 is 0 Å². The normalized spacial score (nSPS) is 12.1. The van der Waals surface area contributed by atoms with Crippen LogP contribution in [-0.4, -0.2) is 14.9 Å². The molecule has 0 bridgehead atoms. The van der Waals surface area contributed by atoms with Gasteiger partial charge in [-0.05, 0) is 13.8 Å². The zero-order valence-corrected chi connectivity index (χ0v) is 8.75. The van der Waals surface area contributed by atoms with Crippen LogP contribution in [0.15, 0.2) is 10.9 Å². The molecule has 0 spiro atoms. The van der Waals surface area contributed by atoms with E-state index < -0.39 is 5.38 Å². The van der Waals surface area contributed by atoms with Crippen LogP contribution in [0.5, 0.6) is 0 Å². The molecule has 0 amide bonds. The molecule has 0 saturated carbocycles. The van der Waals surface area contributed by atoms with Gasteiger partial charge in [0, 0.05) is 11.8 Å². The van der Waals surface area contributed by atoms with E-state index >= 15 is 0 Å². The van der Waals surface area contributed by atoms with Gasteiger partial charge in [0.2, 0.25) is 0 Å². The van der Waals surface area contributed by atoms with Gasteiger partial charge >= 0.3 is 0 Å². The molecule has 1 unspecified atom stereocenters. The molecule has 0 aromatic carbocycles. The fourth-order valence-corrected chi connectivity index (χ4v) is 1.33. The Morgan fingerprint density at radius 3 is 2.86 bits per heavy atom. The Balaban J connectivity index is 3.11. The molecule has 0 aliphatic heterocycles. The van der Waals surface area contributed by atoms with Crippen molar-refractivity contribution >= 4 is 11.6 Å². The number of nitriles is 1. The van der Waals surface area contributed by atoms with E-state index in [1.807, 2.05) is 6.07 Å². The zero-order chi connectivity index (χ0) is 10.7. The molecular formula is C9H10ClN3O. The SMILES string of the molecule is Cc1cc(=O)n(CC(Cl)C#N)c(C)n1. The fourth-order valence-electron chi connectivity index (χ4n) is 1.19. The minimum Gasteiger partial charge on any atom is -0.294 e. The van der Waals surface area contributed by atoms with Crippen molar-refractivity contribution < 1.29 is 0 Å². The van der Waals surface area contributed by atoms with Gasteiger partial charge in [-0.25, -0.2) is 4.98 Å². The van der Waals surface area contributed by atoms with E-state index in [4.69, 9.17) is 16.9 Å². The van der Waals surface area contributed by atoms with Gasteiger partial charge in [0.15, 0.2) is 0 Å². The summed E-state index contributed by atoms with van der Waals surface area (Å²) < 4.78 is 1.40. The lowest BCUT2D eigenvalue weighted by molar-refractivity contribution is 0.643. The summed E-state index contributed by atoms with van der Waals surface area (Å²) in [5, 5.41) is 7.82. The largest absolute Gasteiger partial charge is 0.294 e. The van der Waals surface area contributed by atoms with Crippen molar-refractivity contribution in [2.45, 2.75) is 25.8 Å². The van der Waals surface area contributed by atoms with Crippen molar-refractivity contribution in [1.82, 2.24) is 9.55 Å². The summed E-state index contributed by atoms with van der Waals surface area (Å²) in [5.74, 6) is 0.580. The van der Waals surface area contributed by atoms with Gasteiger partial charge in [-0.2, -0.15) is 5.26 Å². The van der Waals surface area contributed by atoms with Crippen molar-refractivity contribution in [2.75, 3.05) is 0 Å². The first-order valence-corrected chi connectivity index (χ1v) is 4.57. The zero-order valence-electron chi connectivity index (χ0n) is 7.99. The van der Waals surface area contributed by atoms with Crippen molar-refractivity contribution in [3.05, 3.63) is 27.9 Å². The van der Waals surface area contributed by atoms with Crippen LogP contribution in [0, 0.1) is 25.2 Å². The Morgan fingerprint density at radius 2 is 2.36 bits per heavy atom. The topological polar surface area (TPSA) is 58.7 Å². The molecule has 0 saturated heterocycles. The van der Waals surface area contributed by atoms with E-state index in [1.165, 1.54) is 10.6 Å². The monoisotopic (exact) mass is 211 g/mol. The maximum Gasteiger partial charge on any atom is 0.253 e. The second-order valence-corrected chi connectivity index (χ2v) is 3.52. The number of alkyl halides is 1. The van der Waals surface area contributed by atoms with Crippen molar-refractivity contribution in [2.24, 2.45) is 0 Å². The van der Waals surface area contributed by atoms with Crippen molar-refractivity contribution in [3.8, 4) is 6.07 Å². The minimum absolute atomic E-state index is 0.170. The molecule has 1 rings (SSSR count). The molecule has 1 atom stereocenters. The third-order valence-electron chi connectivity index (χ3n) is 1.81. The first-order chi connectivity index (χ1) is 6.54. The molecule has 1 aromatic heterocycles. The predicted octanol–water partition coefficient (Wildman–Crippen LogP) is 0.991. The Hall–Kier alpha value is -1.34. The molecule has 14 heavy (non-hydrogen) atoms. The fraction of sp³-hybridized carbons (Fsp3) is 0.444. The number of rotatable bonds is 2. The number of aryl methyl sites for hydroxylation is 2. The molecule has 0 fully saturated rings. The summed E-state index contributed by atoms with van der Waals surface area (Å²) in [4.78, 5) is 15.6. The quantitative estimate of drug-likeness (QED) is 0.686. The van der Waals surface area contributed by atoms with Crippen LogP contribution in [0.1, 0.15) is 11.5 Å². The number of halogens is 1. The van der Waals surface area contributed by atoms with Crippen LogP contribution in [-0.2, 0) is 6.54 Å². The Kier molecular flexibility index (Phi) is 3.26. The molecule has 0 N–H and O–H groups in total. The van der Waals surface area contributed by atoms with E-state index in [-0.39, 0.29) is 12.1 Å². The van der Waals surface area contributed by atoms with Gasteiger partial charge in [0.25, 0.3) is 5.56 Å². The highest BCUT2D eigenvalue weighted by molar-refractivity contribution is 6.22. The summed E-state index contributed by atoms with van der Waals surface area (Å²) in [7, 11) is 0. The lowest BCUT2D eigenvalue weighted by Crippen LogP contribution is -2.26. The number of nitrogens with zero attached hydrogens (tertiary/aromatic N) is 3. The standard InChI is InChI=1S/C9H10ClN3O/c1-6-3-9(14)13(7(2)12-6)5-8(10)4-11/h3,8H,5H2,1-2H3. The first-order valence-electron chi connectivity index (χ1n) is 4.13. The van der Waals surface area contributed by atoms with E-state index in [2.05, 4.69) is 4.98 Å². The minimum atomic E-state index is -0.698. The Labute approximate surface area is 86.8 Å². The Bertz CT molecular complexity index is 433. The van der Waals surface area contributed by atoms with Gasteiger partial charge in [-0.1, -0.05) is 0 Å². The molecule has 1 aromatic rings. The van der Waals surface area contributed by atoms with Gasteiger partial charge in [0.05, 0.1) is 12.6 Å². The second-order valence-electron chi connectivity index (χ2n) is 2.99. The molecule has 1 heterocycles. The molecule has 0 aliphatic carbocycles. The molecule has 74 valence electrons. The average Bonchev–Trinajstić information content (AvgIpc) is 2.10. The van der Waals surface area contributed by atoms with Crippen LogP contribution >= 0.6 is 11.6 Å². The third-order valence-corrected chi connectivity index (χ3v) is 2.05. The van der Waals surface area contributed by atoms with E-state index in [1.54, 1.807) is 13.8 Å². The van der Waals surface area contributed by atoms with Crippen LogP contribution in [0.4, 0.5) is 0 Å². The summed E-state index contributed by atoms with van der Waals surface area (Å²) in [6.45, 7) is 3.65. The van der Waals surface area contributed by atoms with E-state index in [9.17, 15) is 4.79 Å². The van der Waals surface area contributed by atoms with Crippen LogP contribution in [0.25, 0.3) is 0 Å². The molecule has 0 radical (unpaired) electrons. The van der Waals surface area contributed by atoms with Crippen molar-refractivity contribution in [1.29, 1.82) is 5.26 Å². The number of hydrogen-bond donors (Lipinski definition) is 0. The van der Waals surface area contributed by atoms with Crippen LogP contribution in [0.2, 0.25) is 0 Å². The Morgan fingerprint density at radius 1 is 1.71 bits per heavy atom. The van der Waals surface area contributed by atoms with Gasteiger partial charge in [-0.3, -0.25) is 9.36 Å². The second kappa shape index (κ2) is 4.25. The van der Waals surface area contributed by atoms with Gasteiger partial charge in [0.1, 0.15) is 11.2 Å². The van der Waals surface area contributed by atoms with E-state index in [0.717, 1.165) is 0 Å². The maximum absolute atomic E-state index is 11.5. The third kappa shape index (κ3) is 2.33.